The Balaban J connectivity index is 1.56. The van der Waals surface area contributed by atoms with Crippen LogP contribution in [0.3, 0.4) is 0 Å². The second kappa shape index (κ2) is 7.45. The summed E-state index contributed by atoms with van der Waals surface area (Å²) < 4.78 is 7.23. The summed E-state index contributed by atoms with van der Waals surface area (Å²) >= 11 is 0. The number of hydrogen-bond donors (Lipinski definition) is 1. The molecule has 2 unspecified atom stereocenters. The molecule has 126 valence electrons. The normalized spacial score (nSPS) is 13.8. The molecule has 5 nitrogen and oxygen atoms in total. The number of aryl methyl sites for hydroxylation is 1. The number of rotatable bonds is 7. The first-order chi connectivity index (χ1) is 11.7. The molecule has 0 saturated carbocycles. The fourth-order valence-corrected chi connectivity index (χ4v) is 2.92. The third kappa shape index (κ3) is 3.74. The van der Waals surface area contributed by atoms with Gasteiger partial charge in [-0.2, -0.15) is 0 Å². The predicted molar refractivity (Wildman–Crippen MR) is 95.3 cm³/mol. The van der Waals surface area contributed by atoms with Crippen molar-refractivity contribution < 1.29 is 4.74 Å². The molecule has 3 aromatic rings. The lowest BCUT2D eigenvalue weighted by Crippen LogP contribution is -2.30. The van der Waals surface area contributed by atoms with E-state index in [1.807, 2.05) is 40.9 Å². The Hall–Kier alpha value is -2.40. The van der Waals surface area contributed by atoms with Gasteiger partial charge in [-0.25, -0.2) is 0 Å². The molecule has 2 heterocycles. The van der Waals surface area contributed by atoms with Crippen LogP contribution in [0.1, 0.15) is 37.7 Å². The summed E-state index contributed by atoms with van der Waals surface area (Å²) in [5, 5.41) is 12.2. The van der Waals surface area contributed by atoms with Gasteiger partial charge in [0.1, 0.15) is 5.75 Å². The first-order valence-corrected chi connectivity index (χ1v) is 8.36. The number of nitrogens with zero attached hydrogens (tertiary/aromatic N) is 3. The van der Waals surface area contributed by atoms with Crippen LogP contribution in [-0.2, 0) is 6.42 Å². The van der Waals surface area contributed by atoms with Crippen LogP contribution >= 0.6 is 0 Å². The van der Waals surface area contributed by atoms with Gasteiger partial charge in [0.2, 0.25) is 0 Å². The van der Waals surface area contributed by atoms with E-state index in [0.29, 0.717) is 6.04 Å². The van der Waals surface area contributed by atoms with Gasteiger partial charge in [0.15, 0.2) is 11.5 Å². The van der Waals surface area contributed by atoms with Crippen LogP contribution in [0.4, 0.5) is 0 Å². The van der Waals surface area contributed by atoms with Crippen LogP contribution in [0.2, 0.25) is 0 Å². The van der Waals surface area contributed by atoms with Gasteiger partial charge in [0, 0.05) is 12.2 Å². The zero-order valence-electron chi connectivity index (χ0n) is 14.4. The Kier molecular flexibility index (Phi) is 5.11. The monoisotopic (exact) mass is 324 g/mol. The molecule has 5 heteroatoms. The number of ether oxygens (including phenoxy) is 1. The highest BCUT2D eigenvalue weighted by molar-refractivity contribution is 5.37. The largest absolute Gasteiger partial charge is 0.497 e. The summed E-state index contributed by atoms with van der Waals surface area (Å²) in [6, 6.07) is 14.8. The van der Waals surface area contributed by atoms with Gasteiger partial charge in [-0.3, -0.25) is 4.40 Å². The van der Waals surface area contributed by atoms with E-state index in [-0.39, 0.29) is 6.04 Å². The zero-order chi connectivity index (χ0) is 16.9. The fraction of sp³-hybridized carbons (Fsp3) is 0.368. The van der Waals surface area contributed by atoms with E-state index in [9.17, 15) is 0 Å². The number of pyridine rings is 1. The minimum absolute atomic E-state index is 0.147. The maximum absolute atomic E-state index is 5.20. The first kappa shape index (κ1) is 16.5. The van der Waals surface area contributed by atoms with E-state index in [0.717, 1.165) is 30.1 Å². The zero-order valence-corrected chi connectivity index (χ0v) is 14.4. The minimum atomic E-state index is 0.147. The molecule has 2 atom stereocenters. The standard InChI is InChI=1S/C19H24N4O/c1-14(7-8-16-9-11-17(24-3)12-10-16)20-15(2)19-22-21-18-6-4-5-13-23(18)19/h4-6,9-15,20H,7-8H2,1-3H3. The third-order valence-corrected chi connectivity index (χ3v) is 4.29. The summed E-state index contributed by atoms with van der Waals surface area (Å²) in [6.45, 7) is 4.34. The number of nitrogens with one attached hydrogen (secondary N) is 1. The molecule has 0 fully saturated rings. The van der Waals surface area contributed by atoms with Gasteiger partial charge < -0.3 is 10.1 Å². The van der Waals surface area contributed by atoms with Crippen LogP contribution in [0.15, 0.2) is 48.7 Å². The summed E-state index contributed by atoms with van der Waals surface area (Å²) in [7, 11) is 1.69. The van der Waals surface area contributed by atoms with Crippen molar-refractivity contribution in [3.8, 4) is 5.75 Å². The lowest BCUT2D eigenvalue weighted by atomic mass is 10.1. The molecule has 0 radical (unpaired) electrons. The van der Waals surface area contributed by atoms with Crippen LogP contribution in [-0.4, -0.2) is 27.7 Å². The predicted octanol–water partition coefficient (Wildman–Crippen LogP) is 3.41. The number of aromatic nitrogens is 3. The van der Waals surface area contributed by atoms with Crippen LogP contribution in [0.25, 0.3) is 5.65 Å². The Morgan fingerprint density at radius 1 is 1.08 bits per heavy atom. The van der Waals surface area contributed by atoms with Gasteiger partial charge in [-0.15, -0.1) is 10.2 Å². The fourth-order valence-electron chi connectivity index (χ4n) is 2.92. The van der Waals surface area contributed by atoms with Crippen molar-refractivity contribution in [1.29, 1.82) is 0 Å². The Labute approximate surface area is 142 Å². The average Bonchev–Trinajstić information content (AvgIpc) is 3.04. The summed E-state index contributed by atoms with van der Waals surface area (Å²) in [6.07, 6.45) is 4.10. The van der Waals surface area contributed by atoms with Crippen molar-refractivity contribution in [3.05, 3.63) is 60.0 Å². The lowest BCUT2D eigenvalue weighted by Gasteiger charge is -2.19. The van der Waals surface area contributed by atoms with E-state index in [4.69, 9.17) is 4.74 Å². The summed E-state index contributed by atoms with van der Waals surface area (Å²) in [5.41, 5.74) is 2.21. The van der Waals surface area contributed by atoms with Crippen LogP contribution in [0, 0.1) is 0 Å². The van der Waals surface area contributed by atoms with E-state index < -0.39 is 0 Å². The van der Waals surface area contributed by atoms with Crippen molar-refractivity contribution in [3.63, 3.8) is 0 Å². The molecule has 1 aromatic carbocycles. The number of fused-ring (bicyclic) bond motifs is 1. The van der Waals surface area contributed by atoms with Crippen molar-refractivity contribution in [1.82, 2.24) is 19.9 Å². The molecule has 2 aromatic heterocycles. The van der Waals surface area contributed by atoms with Crippen LogP contribution < -0.4 is 10.1 Å². The molecule has 0 amide bonds. The van der Waals surface area contributed by atoms with E-state index >= 15 is 0 Å². The molecular formula is C19H24N4O. The van der Waals surface area contributed by atoms with Gasteiger partial charge in [0.05, 0.1) is 13.2 Å². The SMILES string of the molecule is COc1ccc(CCC(C)NC(C)c2nnc3ccccn23)cc1. The Morgan fingerprint density at radius 3 is 2.62 bits per heavy atom. The molecule has 0 bridgehead atoms. The quantitative estimate of drug-likeness (QED) is 0.723. The second-order valence-electron chi connectivity index (χ2n) is 6.16. The second-order valence-corrected chi connectivity index (χ2v) is 6.16. The molecule has 0 aliphatic carbocycles. The van der Waals surface area contributed by atoms with Gasteiger partial charge in [-0.05, 0) is 56.5 Å². The first-order valence-electron chi connectivity index (χ1n) is 8.36. The summed E-state index contributed by atoms with van der Waals surface area (Å²) in [4.78, 5) is 0. The van der Waals surface area contributed by atoms with Crippen molar-refractivity contribution in [2.45, 2.75) is 38.8 Å². The van der Waals surface area contributed by atoms with Gasteiger partial charge >= 0.3 is 0 Å². The number of hydrogen-bond acceptors (Lipinski definition) is 4. The van der Waals surface area contributed by atoms with Gasteiger partial charge in [0.25, 0.3) is 0 Å². The third-order valence-electron chi connectivity index (χ3n) is 4.29. The Morgan fingerprint density at radius 2 is 1.88 bits per heavy atom. The molecule has 0 aliphatic rings. The molecule has 0 saturated heterocycles. The maximum Gasteiger partial charge on any atom is 0.160 e. The highest BCUT2D eigenvalue weighted by Crippen LogP contribution is 2.16. The van der Waals surface area contributed by atoms with Crippen molar-refractivity contribution >= 4 is 5.65 Å². The molecule has 24 heavy (non-hydrogen) atoms. The van der Waals surface area contributed by atoms with Crippen LogP contribution in [0.5, 0.6) is 5.75 Å². The molecule has 0 aliphatic heterocycles. The maximum atomic E-state index is 5.20. The Bertz CT molecular complexity index is 781. The number of benzene rings is 1. The van der Waals surface area contributed by atoms with Crippen molar-refractivity contribution in [2.24, 2.45) is 0 Å². The van der Waals surface area contributed by atoms with E-state index in [2.05, 4.69) is 41.5 Å². The van der Waals surface area contributed by atoms with Crippen molar-refractivity contribution in [2.75, 3.05) is 7.11 Å². The molecule has 1 N–H and O–H groups in total. The smallest absolute Gasteiger partial charge is 0.160 e. The highest BCUT2D eigenvalue weighted by atomic mass is 16.5. The van der Waals surface area contributed by atoms with E-state index in [1.165, 1.54) is 5.56 Å². The minimum Gasteiger partial charge on any atom is -0.497 e. The van der Waals surface area contributed by atoms with Gasteiger partial charge in [-0.1, -0.05) is 18.2 Å². The highest BCUT2D eigenvalue weighted by Gasteiger charge is 2.15. The molecule has 3 rings (SSSR count). The summed E-state index contributed by atoms with van der Waals surface area (Å²) in [5.74, 6) is 1.85. The number of methoxy groups -OCH3 is 1. The van der Waals surface area contributed by atoms with E-state index in [1.54, 1.807) is 7.11 Å². The topological polar surface area (TPSA) is 51.5 Å². The lowest BCUT2D eigenvalue weighted by molar-refractivity contribution is 0.414. The average molecular weight is 324 g/mol. The molecule has 0 spiro atoms. The molecular weight excluding hydrogens is 300 g/mol.